The predicted molar refractivity (Wildman–Crippen MR) is 52.9 cm³/mol. The van der Waals surface area contributed by atoms with Gasteiger partial charge in [-0.2, -0.15) is 0 Å². The highest BCUT2D eigenvalue weighted by Gasteiger charge is 2.25. The minimum atomic E-state index is -0.815. The van der Waals surface area contributed by atoms with E-state index in [0.717, 1.165) is 0 Å². The quantitative estimate of drug-likeness (QED) is 0.485. The molecule has 0 spiro atoms. The van der Waals surface area contributed by atoms with E-state index in [1.165, 1.54) is 0 Å². The van der Waals surface area contributed by atoms with Crippen LogP contribution < -0.4 is 0 Å². The van der Waals surface area contributed by atoms with Crippen molar-refractivity contribution in [1.29, 1.82) is 0 Å². The lowest BCUT2D eigenvalue weighted by Crippen LogP contribution is -2.23. The van der Waals surface area contributed by atoms with E-state index < -0.39 is 4.33 Å². The Balaban J connectivity index is 4.11. The Hall–Kier alpha value is 0.250. The van der Waals surface area contributed by atoms with Gasteiger partial charge in [0, 0.05) is 12.3 Å². The van der Waals surface area contributed by atoms with Gasteiger partial charge < -0.3 is 0 Å². The molecule has 0 radical (unpaired) electrons. The van der Waals surface area contributed by atoms with Crippen molar-refractivity contribution in [3.05, 3.63) is 0 Å². The second kappa shape index (κ2) is 4.32. The molecule has 0 aliphatic carbocycles. The zero-order chi connectivity index (χ0) is 9.07. The van der Waals surface area contributed by atoms with E-state index in [1.54, 1.807) is 6.21 Å². The summed E-state index contributed by atoms with van der Waals surface area (Å²) in [5.41, 5.74) is 0. The Labute approximate surface area is 78.8 Å². The summed E-state index contributed by atoms with van der Waals surface area (Å²) in [6, 6.07) is 0.255. The molecule has 0 amide bonds. The summed E-state index contributed by atoms with van der Waals surface area (Å²) in [6.07, 6.45) is 1.62. The van der Waals surface area contributed by atoms with Crippen molar-refractivity contribution in [2.24, 2.45) is 10.9 Å². The normalized spacial score (nSPS) is 13.8. The number of hydrogen-bond donors (Lipinski definition) is 0. The molecule has 0 N–H and O–H groups in total. The van der Waals surface area contributed by atoms with Gasteiger partial charge in [0.05, 0.1) is 0 Å². The highest BCUT2D eigenvalue weighted by Crippen LogP contribution is 2.27. The third kappa shape index (κ3) is 4.65. The summed E-state index contributed by atoms with van der Waals surface area (Å²) < 4.78 is -0.815. The molecule has 0 aliphatic rings. The molecule has 11 heavy (non-hydrogen) atoms. The smallest absolute Gasteiger partial charge is 0.154 e. The Morgan fingerprint density at radius 3 is 1.91 bits per heavy atom. The van der Waals surface area contributed by atoms with E-state index in [4.69, 9.17) is 23.2 Å². The molecule has 0 aromatic heterocycles. The van der Waals surface area contributed by atoms with Crippen LogP contribution in [0.25, 0.3) is 0 Å². The molecule has 0 unspecified atom stereocenters. The largest absolute Gasteiger partial charge is 0.292 e. The first kappa shape index (κ1) is 11.2. The molecule has 0 bridgehead atoms. The van der Waals surface area contributed by atoms with Crippen molar-refractivity contribution in [2.75, 3.05) is 0 Å². The molecule has 1 nitrogen and oxygen atoms in total. The van der Waals surface area contributed by atoms with Gasteiger partial charge in [0.25, 0.3) is 0 Å². The molecular weight excluding hydrogens is 181 g/mol. The number of aliphatic imine (C=N–C) groups is 1. The number of halogens is 2. The molecule has 66 valence electrons. The lowest BCUT2D eigenvalue weighted by molar-refractivity contribution is 0.653. The molecule has 3 heteroatoms. The molecule has 0 aromatic carbocycles. The van der Waals surface area contributed by atoms with E-state index in [0.29, 0.717) is 0 Å². The molecular formula is C8H15Cl2N. The Morgan fingerprint density at radius 2 is 1.64 bits per heavy atom. The molecule has 0 saturated carbocycles. The van der Waals surface area contributed by atoms with Crippen molar-refractivity contribution in [3.63, 3.8) is 0 Å². The number of nitrogens with zero attached hydrogens (tertiary/aromatic N) is 1. The van der Waals surface area contributed by atoms with E-state index in [9.17, 15) is 0 Å². The van der Waals surface area contributed by atoms with Gasteiger partial charge in [-0.3, -0.25) is 4.99 Å². The van der Waals surface area contributed by atoms with Crippen molar-refractivity contribution >= 4 is 29.4 Å². The van der Waals surface area contributed by atoms with Crippen LogP contribution in [0.3, 0.4) is 0 Å². The van der Waals surface area contributed by atoms with Crippen LogP contribution in [0.4, 0.5) is 0 Å². The second-order valence-electron chi connectivity index (χ2n) is 3.20. The first-order valence-corrected chi connectivity index (χ1v) is 4.54. The highest BCUT2D eigenvalue weighted by atomic mass is 35.5. The van der Waals surface area contributed by atoms with Crippen molar-refractivity contribution in [1.82, 2.24) is 0 Å². The van der Waals surface area contributed by atoms with Crippen molar-refractivity contribution in [2.45, 2.75) is 38.1 Å². The van der Waals surface area contributed by atoms with Crippen molar-refractivity contribution < 1.29 is 0 Å². The van der Waals surface area contributed by atoms with Gasteiger partial charge >= 0.3 is 0 Å². The monoisotopic (exact) mass is 195 g/mol. The third-order valence-corrected chi connectivity index (χ3v) is 2.38. The molecule has 0 aromatic rings. The Bertz CT molecular complexity index is 139. The van der Waals surface area contributed by atoms with Crippen LogP contribution in [0.2, 0.25) is 0 Å². The summed E-state index contributed by atoms with van der Waals surface area (Å²) in [5, 5.41) is 0. The van der Waals surface area contributed by atoms with Gasteiger partial charge in [-0.15, -0.1) is 0 Å². The van der Waals surface area contributed by atoms with Crippen LogP contribution in [-0.4, -0.2) is 16.6 Å². The zero-order valence-corrected chi connectivity index (χ0v) is 8.95. The minimum absolute atomic E-state index is 0.188. The zero-order valence-electron chi connectivity index (χ0n) is 7.44. The molecule has 0 rings (SSSR count). The first-order chi connectivity index (χ1) is 4.86. The second-order valence-corrected chi connectivity index (χ2v) is 4.65. The number of alkyl halides is 2. The van der Waals surface area contributed by atoms with E-state index in [2.05, 4.69) is 4.99 Å². The predicted octanol–water partition coefficient (Wildman–Crippen LogP) is 3.30. The fraction of sp³-hybridized carbons (Fsp3) is 0.875. The SMILES string of the molecule is CC(C)N=CC(Cl)(Cl)C(C)C. The maximum absolute atomic E-state index is 5.93. The maximum Gasteiger partial charge on any atom is 0.154 e. The lowest BCUT2D eigenvalue weighted by Gasteiger charge is -2.18. The van der Waals surface area contributed by atoms with Crippen LogP contribution in [0.1, 0.15) is 27.7 Å². The van der Waals surface area contributed by atoms with Gasteiger partial charge in [-0.05, 0) is 19.8 Å². The summed E-state index contributed by atoms with van der Waals surface area (Å²) in [6.45, 7) is 7.90. The van der Waals surface area contributed by atoms with Crippen LogP contribution in [-0.2, 0) is 0 Å². The Kier molecular flexibility index (Phi) is 4.42. The summed E-state index contributed by atoms with van der Waals surface area (Å²) in [5.74, 6) is 0.188. The lowest BCUT2D eigenvalue weighted by atomic mass is 10.1. The average Bonchev–Trinajstić information content (AvgIpc) is 1.84. The van der Waals surface area contributed by atoms with Crippen molar-refractivity contribution in [3.8, 4) is 0 Å². The highest BCUT2D eigenvalue weighted by molar-refractivity contribution is 6.56. The van der Waals surface area contributed by atoms with Crippen LogP contribution in [0.5, 0.6) is 0 Å². The molecule has 0 saturated heterocycles. The standard InChI is InChI=1S/C8H15Cl2N/c1-6(2)8(9,10)5-11-7(3)4/h5-7H,1-4H3. The van der Waals surface area contributed by atoms with E-state index >= 15 is 0 Å². The number of rotatable bonds is 3. The fourth-order valence-corrected chi connectivity index (χ4v) is 0.510. The van der Waals surface area contributed by atoms with Crippen LogP contribution in [0, 0.1) is 5.92 Å². The molecule has 0 atom stereocenters. The van der Waals surface area contributed by atoms with Gasteiger partial charge in [-0.1, -0.05) is 37.0 Å². The average molecular weight is 196 g/mol. The van der Waals surface area contributed by atoms with Crippen LogP contribution >= 0.6 is 23.2 Å². The van der Waals surface area contributed by atoms with E-state index in [1.807, 2.05) is 27.7 Å². The molecule has 0 heterocycles. The van der Waals surface area contributed by atoms with Crippen LogP contribution in [0.15, 0.2) is 4.99 Å². The van der Waals surface area contributed by atoms with Gasteiger partial charge in [0.1, 0.15) is 0 Å². The summed E-state index contributed by atoms with van der Waals surface area (Å²) in [4.78, 5) is 4.13. The maximum atomic E-state index is 5.93. The number of hydrogen-bond acceptors (Lipinski definition) is 1. The van der Waals surface area contributed by atoms with E-state index in [-0.39, 0.29) is 12.0 Å². The summed E-state index contributed by atoms with van der Waals surface area (Å²) in [7, 11) is 0. The van der Waals surface area contributed by atoms with Gasteiger partial charge in [0.2, 0.25) is 0 Å². The minimum Gasteiger partial charge on any atom is -0.292 e. The Morgan fingerprint density at radius 1 is 1.18 bits per heavy atom. The fourth-order valence-electron chi connectivity index (χ4n) is 0.398. The molecule has 0 fully saturated rings. The molecule has 0 aliphatic heterocycles. The first-order valence-electron chi connectivity index (χ1n) is 3.78. The topological polar surface area (TPSA) is 12.4 Å². The van der Waals surface area contributed by atoms with Gasteiger partial charge in [-0.25, -0.2) is 0 Å². The van der Waals surface area contributed by atoms with Gasteiger partial charge in [0.15, 0.2) is 4.33 Å². The summed E-state index contributed by atoms with van der Waals surface area (Å²) >= 11 is 11.9. The third-order valence-electron chi connectivity index (χ3n) is 1.31.